The van der Waals surface area contributed by atoms with Gasteiger partial charge < -0.3 is 25.3 Å². The quantitative estimate of drug-likeness (QED) is 0.206. The zero-order chi connectivity index (χ0) is 28.9. The summed E-state index contributed by atoms with van der Waals surface area (Å²) < 4.78 is 46.4. The third-order valence-corrected chi connectivity index (χ3v) is 7.13. The van der Waals surface area contributed by atoms with E-state index in [2.05, 4.69) is 5.32 Å². The van der Waals surface area contributed by atoms with Crippen LogP contribution in [0.5, 0.6) is 0 Å². The first kappa shape index (κ1) is 29.1. The van der Waals surface area contributed by atoms with E-state index in [1.807, 2.05) is 0 Å². The number of nitrogens with two attached hydrogens (primary N) is 1. The summed E-state index contributed by atoms with van der Waals surface area (Å²) in [4.78, 5) is 27.9. The highest BCUT2D eigenvalue weighted by Gasteiger charge is 2.31. The standard InChI is InChI=1S/C29H34F3N5O3/c1-2-40-26(34)22-7-6-21-16-25(28(39)36-14-10-20(11-15-36)27(38)35-13-3-12-33)37(24(21)17-22)18-19-4-8-23(9-5-19)29(30,31)32/h4-9,16-17,20,34H,2-3,10-15,18,33H2,1H3,(H,35,38). The molecule has 0 radical (unpaired) electrons. The van der Waals surface area contributed by atoms with Gasteiger partial charge in [0.15, 0.2) is 0 Å². The number of carbonyl (C=O) groups is 2. The van der Waals surface area contributed by atoms with E-state index in [1.165, 1.54) is 12.1 Å². The molecule has 4 rings (SSSR count). The molecule has 2 amide bonds. The molecule has 0 bridgehead atoms. The third kappa shape index (κ3) is 6.64. The van der Waals surface area contributed by atoms with Crippen LogP contribution in [0.4, 0.5) is 13.2 Å². The van der Waals surface area contributed by atoms with Crippen LogP contribution in [0.15, 0.2) is 48.5 Å². The number of amides is 2. The Hall–Kier alpha value is -3.86. The molecule has 0 spiro atoms. The number of aromatic nitrogens is 1. The second-order valence-electron chi connectivity index (χ2n) is 9.85. The van der Waals surface area contributed by atoms with E-state index < -0.39 is 11.7 Å². The number of hydrogen-bond donors (Lipinski definition) is 3. The largest absolute Gasteiger partial charge is 0.478 e. The van der Waals surface area contributed by atoms with Crippen molar-refractivity contribution in [2.24, 2.45) is 11.7 Å². The minimum atomic E-state index is -4.44. The summed E-state index contributed by atoms with van der Waals surface area (Å²) in [7, 11) is 0. The van der Waals surface area contributed by atoms with E-state index in [0.717, 1.165) is 17.5 Å². The maximum Gasteiger partial charge on any atom is 0.416 e. The Morgan fingerprint density at radius 1 is 1.10 bits per heavy atom. The van der Waals surface area contributed by atoms with Crippen molar-refractivity contribution in [2.75, 3.05) is 32.8 Å². The number of nitrogens with zero attached hydrogens (tertiary/aromatic N) is 2. The monoisotopic (exact) mass is 557 g/mol. The Morgan fingerprint density at radius 3 is 2.42 bits per heavy atom. The van der Waals surface area contributed by atoms with Crippen molar-refractivity contribution in [1.82, 2.24) is 14.8 Å². The van der Waals surface area contributed by atoms with E-state index in [0.29, 0.717) is 74.4 Å². The number of halogens is 3. The van der Waals surface area contributed by atoms with Crippen molar-refractivity contribution in [3.8, 4) is 0 Å². The van der Waals surface area contributed by atoms with Crippen molar-refractivity contribution in [2.45, 2.75) is 38.9 Å². The molecule has 0 unspecified atom stereocenters. The number of nitrogens with one attached hydrogen (secondary N) is 2. The summed E-state index contributed by atoms with van der Waals surface area (Å²) in [6, 6.07) is 11.9. The molecule has 1 aliphatic heterocycles. The molecular formula is C29H34F3N5O3. The minimum Gasteiger partial charge on any atom is -0.478 e. The molecule has 1 aromatic heterocycles. The molecule has 1 fully saturated rings. The molecule has 3 aromatic rings. The van der Waals surface area contributed by atoms with Crippen molar-refractivity contribution < 1.29 is 27.5 Å². The van der Waals surface area contributed by atoms with Gasteiger partial charge in [0.1, 0.15) is 5.69 Å². The van der Waals surface area contributed by atoms with Crippen LogP contribution in [0.1, 0.15) is 53.4 Å². The number of hydrogen-bond acceptors (Lipinski definition) is 5. The third-order valence-electron chi connectivity index (χ3n) is 7.13. The zero-order valence-electron chi connectivity index (χ0n) is 22.4. The summed E-state index contributed by atoms with van der Waals surface area (Å²) in [5.74, 6) is -0.425. The van der Waals surface area contributed by atoms with E-state index in [9.17, 15) is 22.8 Å². The lowest BCUT2D eigenvalue weighted by molar-refractivity contribution is -0.137. The predicted molar refractivity (Wildman–Crippen MR) is 146 cm³/mol. The second kappa shape index (κ2) is 12.5. The summed E-state index contributed by atoms with van der Waals surface area (Å²) >= 11 is 0. The molecule has 11 heteroatoms. The predicted octanol–water partition coefficient (Wildman–Crippen LogP) is 4.39. The number of fused-ring (bicyclic) bond motifs is 1. The van der Waals surface area contributed by atoms with Crippen LogP contribution >= 0.6 is 0 Å². The highest BCUT2D eigenvalue weighted by molar-refractivity contribution is 6.01. The van der Waals surface area contributed by atoms with Crippen molar-refractivity contribution >= 4 is 28.6 Å². The molecule has 2 aromatic carbocycles. The number of piperidine rings is 1. The highest BCUT2D eigenvalue weighted by atomic mass is 19.4. The molecule has 4 N–H and O–H groups in total. The van der Waals surface area contributed by atoms with E-state index in [4.69, 9.17) is 15.9 Å². The van der Waals surface area contributed by atoms with Crippen molar-refractivity contribution in [3.05, 3.63) is 70.9 Å². The van der Waals surface area contributed by atoms with Gasteiger partial charge in [-0.2, -0.15) is 13.2 Å². The first-order valence-corrected chi connectivity index (χ1v) is 13.4. The zero-order valence-corrected chi connectivity index (χ0v) is 22.4. The maximum absolute atomic E-state index is 13.7. The van der Waals surface area contributed by atoms with Crippen LogP contribution in [0, 0.1) is 11.3 Å². The molecule has 0 atom stereocenters. The lowest BCUT2D eigenvalue weighted by atomic mass is 9.95. The average molecular weight is 558 g/mol. The average Bonchev–Trinajstić information content (AvgIpc) is 3.30. The van der Waals surface area contributed by atoms with Gasteiger partial charge in [-0.05, 0) is 68.6 Å². The molecule has 214 valence electrons. The van der Waals surface area contributed by atoms with Gasteiger partial charge >= 0.3 is 6.18 Å². The fraction of sp³-hybridized carbons (Fsp3) is 0.414. The Morgan fingerprint density at radius 2 is 1.80 bits per heavy atom. The van der Waals surface area contributed by atoms with Crippen LogP contribution in [-0.2, 0) is 22.3 Å². The number of carbonyl (C=O) groups excluding carboxylic acids is 2. The molecule has 8 nitrogen and oxygen atoms in total. The van der Waals surface area contributed by atoms with Gasteiger partial charge in [0, 0.05) is 48.6 Å². The molecule has 0 aliphatic carbocycles. The number of likely N-dealkylation sites (tertiary alicyclic amines) is 1. The van der Waals surface area contributed by atoms with Gasteiger partial charge in [0.05, 0.1) is 12.2 Å². The molecular weight excluding hydrogens is 523 g/mol. The molecule has 40 heavy (non-hydrogen) atoms. The summed E-state index contributed by atoms with van der Waals surface area (Å²) in [6.45, 7) is 4.13. The van der Waals surface area contributed by atoms with Gasteiger partial charge in [-0.1, -0.05) is 18.2 Å². The molecule has 0 saturated carbocycles. The Balaban J connectivity index is 1.61. The topological polar surface area (TPSA) is 113 Å². The smallest absolute Gasteiger partial charge is 0.416 e. The highest BCUT2D eigenvalue weighted by Crippen LogP contribution is 2.30. The van der Waals surface area contributed by atoms with Crippen LogP contribution in [0.2, 0.25) is 0 Å². The number of ether oxygens (including phenoxy) is 1. The lowest BCUT2D eigenvalue weighted by Gasteiger charge is -2.31. The summed E-state index contributed by atoms with van der Waals surface area (Å²) in [5.41, 5.74) is 6.93. The van der Waals surface area contributed by atoms with Crippen LogP contribution in [-0.4, -0.2) is 60.0 Å². The lowest BCUT2D eigenvalue weighted by Crippen LogP contribution is -2.43. The Kier molecular flexibility index (Phi) is 9.14. The number of alkyl halides is 3. The summed E-state index contributed by atoms with van der Waals surface area (Å²) in [5, 5.41) is 11.8. The van der Waals surface area contributed by atoms with Gasteiger partial charge in [0.2, 0.25) is 11.8 Å². The number of rotatable bonds is 9. The van der Waals surface area contributed by atoms with Crippen LogP contribution in [0.25, 0.3) is 10.9 Å². The van der Waals surface area contributed by atoms with E-state index >= 15 is 0 Å². The Labute approximate surface area is 230 Å². The van der Waals surface area contributed by atoms with Gasteiger partial charge in [0.25, 0.3) is 5.91 Å². The van der Waals surface area contributed by atoms with Crippen LogP contribution < -0.4 is 11.1 Å². The van der Waals surface area contributed by atoms with E-state index in [-0.39, 0.29) is 30.2 Å². The van der Waals surface area contributed by atoms with Gasteiger partial charge in [-0.15, -0.1) is 0 Å². The van der Waals surface area contributed by atoms with E-state index in [1.54, 1.807) is 40.7 Å². The maximum atomic E-state index is 13.7. The molecule has 1 aliphatic rings. The van der Waals surface area contributed by atoms with Gasteiger partial charge in [-0.3, -0.25) is 15.0 Å². The summed E-state index contributed by atoms with van der Waals surface area (Å²) in [6.07, 6.45) is -2.66. The minimum absolute atomic E-state index is 0.00799. The molecule has 1 saturated heterocycles. The number of benzene rings is 2. The van der Waals surface area contributed by atoms with Crippen molar-refractivity contribution in [1.29, 1.82) is 5.41 Å². The first-order chi connectivity index (χ1) is 19.1. The second-order valence-corrected chi connectivity index (χ2v) is 9.85. The van der Waals surface area contributed by atoms with Crippen molar-refractivity contribution in [3.63, 3.8) is 0 Å². The fourth-order valence-electron chi connectivity index (χ4n) is 4.92. The Bertz CT molecular complexity index is 1360. The van der Waals surface area contributed by atoms with Gasteiger partial charge in [-0.25, -0.2) is 0 Å². The normalized spacial score (nSPS) is 14.4. The first-order valence-electron chi connectivity index (χ1n) is 13.4. The SMILES string of the molecule is CCOC(=N)c1ccc2cc(C(=O)N3CCC(C(=O)NCCCN)CC3)n(Cc3ccc(C(F)(F)F)cc3)c2c1. The van der Waals surface area contributed by atoms with Crippen LogP contribution in [0.3, 0.4) is 0 Å². The molecule has 2 heterocycles. The fourth-order valence-corrected chi connectivity index (χ4v) is 4.92.